The van der Waals surface area contributed by atoms with Crippen molar-refractivity contribution >= 4 is 29.8 Å². The van der Waals surface area contributed by atoms with Crippen LogP contribution in [0.4, 0.5) is 4.79 Å². The number of aliphatic carboxylic acids is 1. The van der Waals surface area contributed by atoms with Gasteiger partial charge < -0.3 is 29.7 Å². The highest BCUT2D eigenvalue weighted by molar-refractivity contribution is 5.93. The summed E-state index contributed by atoms with van der Waals surface area (Å²) in [5.41, 5.74) is -0.309. The van der Waals surface area contributed by atoms with Crippen LogP contribution >= 0.6 is 0 Å². The second-order valence-corrected chi connectivity index (χ2v) is 11.5. The Morgan fingerprint density at radius 1 is 1.05 bits per heavy atom. The van der Waals surface area contributed by atoms with Gasteiger partial charge in [-0.15, -0.1) is 0 Å². The van der Waals surface area contributed by atoms with Gasteiger partial charge in [0.05, 0.1) is 6.04 Å². The Morgan fingerprint density at radius 3 is 2.10 bits per heavy atom. The minimum Gasteiger partial charge on any atom is -0.480 e. The summed E-state index contributed by atoms with van der Waals surface area (Å²) < 4.78 is 10.2. The number of hydrogen-bond acceptors (Lipinski definition) is 7. The normalized spacial score (nSPS) is 13.6. The topological polar surface area (TPSA) is 138 Å². The number of nitrogens with one attached hydrogen (secondary N) is 1. The number of hydrogen-bond donors (Lipinski definition) is 2. The lowest BCUT2D eigenvalue weighted by Crippen LogP contribution is -2.58. The maximum Gasteiger partial charge on any atom is 0.408 e. The lowest BCUT2D eigenvalue weighted by Gasteiger charge is -2.44. The number of amides is 2. The number of alkyl carbamates (subject to hydrolysis) is 1. The fourth-order valence-electron chi connectivity index (χ4n) is 4.21. The average Bonchev–Trinajstić information content (AvgIpc) is 2.83. The molecule has 0 aliphatic heterocycles. The first-order valence-corrected chi connectivity index (χ1v) is 13.4. The number of esters is 1. The summed E-state index contributed by atoms with van der Waals surface area (Å²) in [7, 11) is 1.65. The van der Waals surface area contributed by atoms with Crippen molar-refractivity contribution in [2.75, 3.05) is 26.7 Å². The molecule has 40 heavy (non-hydrogen) atoms. The zero-order valence-corrected chi connectivity index (χ0v) is 25.3. The highest BCUT2D eigenvalue weighted by Crippen LogP contribution is 2.29. The first-order chi connectivity index (χ1) is 18.5. The van der Waals surface area contributed by atoms with Crippen LogP contribution in [0.5, 0.6) is 0 Å². The van der Waals surface area contributed by atoms with E-state index in [4.69, 9.17) is 9.47 Å². The summed E-state index contributed by atoms with van der Waals surface area (Å²) in [5.74, 6) is -1.76. The monoisotopic (exact) mass is 562 g/mol. The molecule has 0 bridgehead atoms. The van der Waals surface area contributed by atoms with Crippen LogP contribution < -0.4 is 5.32 Å². The number of carbonyl (C=O) groups is 4. The fourth-order valence-corrected chi connectivity index (χ4v) is 4.21. The molecule has 0 saturated carbocycles. The number of likely N-dealkylation sites (N-methyl/N-ethyl adjacent to an activating group) is 1. The van der Waals surface area contributed by atoms with Gasteiger partial charge in [0, 0.05) is 33.6 Å². The van der Waals surface area contributed by atoms with Crippen LogP contribution in [0.15, 0.2) is 35.3 Å². The number of benzene rings is 1. The molecule has 0 saturated heterocycles. The Morgan fingerprint density at radius 2 is 1.65 bits per heavy atom. The van der Waals surface area contributed by atoms with Gasteiger partial charge in [-0.2, -0.15) is 0 Å². The molecule has 2 N–H and O–H groups in total. The number of nitrogens with zero attached hydrogens (tertiary/aromatic N) is 3. The molecule has 0 aromatic heterocycles. The number of carboxylic acid groups (broad SMARTS) is 1. The number of carbonyl (C=O) groups excluding carboxylic acids is 3. The van der Waals surface area contributed by atoms with E-state index in [1.165, 1.54) is 11.8 Å². The Kier molecular flexibility index (Phi) is 13.1. The molecule has 1 aromatic carbocycles. The summed E-state index contributed by atoms with van der Waals surface area (Å²) in [6.07, 6.45) is -0.990. The first-order valence-electron chi connectivity index (χ1n) is 13.4. The SMILES string of the molecule is CCN(Cc1ccccc1)C(=NC)[C@H](N(CC[C@H](NC(=O)OC(C)(C)C)C(=O)O)C(=O)COC(C)=O)C(C)(C)C. The van der Waals surface area contributed by atoms with E-state index in [9.17, 15) is 24.3 Å². The van der Waals surface area contributed by atoms with E-state index in [1.807, 2.05) is 58.0 Å². The average molecular weight is 563 g/mol. The highest BCUT2D eigenvalue weighted by atomic mass is 16.6. The van der Waals surface area contributed by atoms with E-state index >= 15 is 0 Å². The van der Waals surface area contributed by atoms with Crippen LogP contribution in [0.2, 0.25) is 0 Å². The molecule has 11 heteroatoms. The number of rotatable bonds is 12. The quantitative estimate of drug-likeness (QED) is 0.223. The molecule has 11 nitrogen and oxygen atoms in total. The van der Waals surface area contributed by atoms with E-state index < -0.39 is 53.6 Å². The number of carboxylic acids is 1. The van der Waals surface area contributed by atoms with Gasteiger partial charge in [0.25, 0.3) is 5.91 Å². The number of ether oxygens (including phenoxy) is 2. The Labute approximate surface area is 237 Å². The largest absolute Gasteiger partial charge is 0.480 e. The molecule has 0 fully saturated rings. The van der Waals surface area contributed by atoms with E-state index in [1.54, 1.807) is 27.8 Å². The molecular weight excluding hydrogens is 516 g/mol. The van der Waals surface area contributed by atoms with Crippen molar-refractivity contribution in [1.29, 1.82) is 0 Å². The zero-order valence-electron chi connectivity index (χ0n) is 25.3. The molecule has 0 aliphatic carbocycles. The van der Waals surface area contributed by atoms with Gasteiger partial charge in [-0.3, -0.25) is 14.6 Å². The van der Waals surface area contributed by atoms with Crippen molar-refractivity contribution in [3.05, 3.63) is 35.9 Å². The van der Waals surface area contributed by atoms with Gasteiger partial charge in [-0.05, 0) is 45.1 Å². The van der Waals surface area contributed by atoms with Crippen LogP contribution in [0, 0.1) is 5.41 Å². The molecule has 224 valence electrons. The van der Waals surface area contributed by atoms with Crippen LogP contribution in [-0.4, -0.2) is 89.1 Å². The Balaban J connectivity index is 3.43. The smallest absolute Gasteiger partial charge is 0.408 e. The third kappa shape index (κ3) is 11.6. The van der Waals surface area contributed by atoms with Crippen molar-refractivity contribution in [2.45, 2.75) is 86.0 Å². The van der Waals surface area contributed by atoms with Gasteiger partial charge in [-0.1, -0.05) is 51.1 Å². The maximum atomic E-state index is 13.5. The number of amidine groups is 1. The zero-order chi connectivity index (χ0) is 30.7. The molecule has 0 heterocycles. The molecule has 0 aliphatic rings. The minimum atomic E-state index is -1.33. The van der Waals surface area contributed by atoms with Gasteiger partial charge in [0.2, 0.25) is 0 Å². The maximum absolute atomic E-state index is 13.5. The van der Waals surface area contributed by atoms with Crippen LogP contribution in [-0.2, 0) is 30.4 Å². The standard InChI is InChI=1S/C29H46N4O7/c1-10-32(18-21-14-12-11-13-15-21)25(30-9)24(28(3,4)5)33(23(35)19-39-20(2)34)17-16-22(26(36)37)31-27(38)40-29(6,7)8/h11-15,22,24H,10,16-19H2,1-9H3,(H,31,38)(H,36,37)/t22-,24-/m0/s1. The molecule has 1 rings (SSSR count). The highest BCUT2D eigenvalue weighted by Gasteiger charge is 2.40. The van der Waals surface area contributed by atoms with Crippen molar-refractivity contribution in [3.63, 3.8) is 0 Å². The van der Waals surface area contributed by atoms with Crippen molar-refractivity contribution in [3.8, 4) is 0 Å². The molecule has 2 amide bonds. The summed E-state index contributed by atoms with van der Waals surface area (Å²) >= 11 is 0. The Hall–Kier alpha value is -3.63. The van der Waals surface area contributed by atoms with E-state index in [0.29, 0.717) is 18.9 Å². The molecule has 0 unspecified atom stereocenters. The second-order valence-electron chi connectivity index (χ2n) is 11.5. The predicted octanol–water partition coefficient (Wildman–Crippen LogP) is 3.71. The third-order valence-electron chi connectivity index (χ3n) is 5.89. The van der Waals surface area contributed by atoms with Gasteiger partial charge in [0.15, 0.2) is 6.61 Å². The van der Waals surface area contributed by atoms with Crippen molar-refractivity contribution in [2.24, 2.45) is 10.4 Å². The van der Waals surface area contributed by atoms with Crippen LogP contribution in [0.1, 0.15) is 67.4 Å². The molecule has 0 radical (unpaired) electrons. The van der Waals surface area contributed by atoms with Crippen LogP contribution in [0.3, 0.4) is 0 Å². The summed E-state index contributed by atoms with van der Waals surface area (Å²) in [4.78, 5) is 57.6. The van der Waals surface area contributed by atoms with Crippen molar-refractivity contribution in [1.82, 2.24) is 15.1 Å². The van der Waals surface area contributed by atoms with Crippen molar-refractivity contribution < 1.29 is 33.8 Å². The third-order valence-corrected chi connectivity index (χ3v) is 5.89. The first kappa shape index (κ1) is 34.4. The number of aliphatic imine (C=N–C) groups is 1. The van der Waals surface area contributed by atoms with Gasteiger partial charge >= 0.3 is 18.0 Å². The molecule has 1 aromatic rings. The summed E-state index contributed by atoms with van der Waals surface area (Å²) in [6.45, 7) is 14.7. The summed E-state index contributed by atoms with van der Waals surface area (Å²) in [6, 6.07) is 7.91. The molecule has 0 spiro atoms. The van der Waals surface area contributed by atoms with E-state index in [-0.39, 0.29) is 13.0 Å². The lowest BCUT2D eigenvalue weighted by atomic mass is 9.83. The van der Waals surface area contributed by atoms with Gasteiger partial charge in [-0.25, -0.2) is 9.59 Å². The second kappa shape index (κ2) is 15.2. The van der Waals surface area contributed by atoms with E-state index in [0.717, 1.165) is 5.56 Å². The fraction of sp³-hybridized carbons (Fsp3) is 0.621. The summed E-state index contributed by atoms with van der Waals surface area (Å²) in [5, 5.41) is 12.2. The Bertz CT molecular complexity index is 1030. The predicted molar refractivity (Wildman–Crippen MR) is 153 cm³/mol. The molecular formula is C29H46N4O7. The molecule has 2 atom stereocenters. The van der Waals surface area contributed by atoms with E-state index in [2.05, 4.69) is 15.2 Å². The lowest BCUT2D eigenvalue weighted by molar-refractivity contribution is -0.151. The minimum absolute atomic E-state index is 0.0588. The van der Waals surface area contributed by atoms with Crippen LogP contribution in [0.25, 0.3) is 0 Å². The van der Waals surface area contributed by atoms with Gasteiger partial charge in [0.1, 0.15) is 17.5 Å².